The molecule has 30 heteroatoms. The Balaban J connectivity index is 0.000000178. The number of imidazole rings is 5. The molecular formula is C87H114N20O10. The minimum Gasteiger partial charge on any atom is -0.389 e. The van der Waals surface area contributed by atoms with E-state index in [1.54, 1.807) is 64.5 Å². The summed E-state index contributed by atoms with van der Waals surface area (Å²) in [5.74, 6) is 0.477. The number of anilines is 5. The Morgan fingerprint density at radius 2 is 0.581 bits per heavy atom. The third-order valence-corrected chi connectivity index (χ3v) is 16.7. The van der Waals surface area contributed by atoms with Gasteiger partial charge in [-0.15, -0.1) is 0 Å². The van der Waals surface area contributed by atoms with Gasteiger partial charge in [0.15, 0.2) is 29.1 Å². The van der Waals surface area contributed by atoms with E-state index >= 15 is 0 Å². The Morgan fingerprint density at radius 1 is 0.350 bits per heavy atom. The monoisotopic (exact) mass is 1630 g/mol. The maximum Gasteiger partial charge on any atom is 0.152 e. The van der Waals surface area contributed by atoms with Gasteiger partial charge in [0.05, 0.1) is 161 Å². The van der Waals surface area contributed by atoms with Gasteiger partial charge in [-0.2, -0.15) is 0 Å². The van der Waals surface area contributed by atoms with Gasteiger partial charge in [0.1, 0.15) is 89.7 Å². The summed E-state index contributed by atoms with van der Waals surface area (Å²) < 4.78 is 298. The predicted octanol–water partition coefficient (Wildman–Crippen LogP) is 13.1. The predicted molar refractivity (Wildman–Crippen MR) is 465 cm³/mol. The number of pyridine rings is 5. The molecule has 1 unspecified atom stereocenters. The number of nitrogens with two attached hydrogens (primary N) is 5. The Bertz CT molecular complexity index is 7820. The Kier molecular flexibility index (Phi) is 16.2. The Labute approximate surface area is 726 Å². The van der Waals surface area contributed by atoms with Crippen LogP contribution < -0.4 is 28.7 Å². The zero-order chi connectivity index (χ0) is 113. The topological polar surface area (TPSA) is 431 Å². The van der Waals surface area contributed by atoms with Crippen molar-refractivity contribution in [2.75, 3.05) is 48.5 Å². The molecule has 0 fully saturated rings. The molecule has 15 rings (SSSR count). The molecule has 0 amide bonds. The summed E-state index contributed by atoms with van der Waals surface area (Å²) in [6.07, 6.45) is -3.41. The maximum absolute atomic E-state index is 10.9. The Hall–Kier alpha value is -10.9. The number of hydrogen-bond acceptors (Lipinski definition) is 25. The number of aromatic nitrogens is 15. The highest BCUT2D eigenvalue weighted by Gasteiger charge is 2.29. The summed E-state index contributed by atoms with van der Waals surface area (Å²) in [7, 11) is 0. The number of fused-ring (bicyclic) bond motifs is 15. The molecule has 0 aliphatic carbocycles. The van der Waals surface area contributed by atoms with Crippen LogP contribution in [0.15, 0.2) is 121 Å². The van der Waals surface area contributed by atoms with E-state index in [1.165, 1.54) is 36.8 Å². The summed E-state index contributed by atoms with van der Waals surface area (Å²) in [6.45, 7) is 9.60. The molecule has 0 saturated heterocycles. The molecular weight excluding hydrogens is 1490 g/mol. The first-order valence-electron chi connectivity index (χ1n) is 53.0. The van der Waals surface area contributed by atoms with Crippen molar-refractivity contribution in [3.63, 3.8) is 0 Å². The normalized spacial score (nSPS) is 17.5. The largest absolute Gasteiger partial charge is 0.389 e. The summed E-state index contributed by atoms with van der Waals surface area (Å²) in [4.78, 5) is 42.6. The second kappa shape index (κ2) is 35.9. The fourth-order valence-corrected chi connectivity index (χ4v) is 12.3. The molecule has 117 heavy (non-hydrogen) atoms. The molecule has 0 aliphatic rings. The van der Waals surface area contributed by atoms with Gasteiger partial charge in [0, 0.05) is 59.1 Å². The first-order chi connectivity index (χ1) is 68.6. The highest BCUT2D eigenvalue weighted by atomic mass is 16.5. The zero-order valence-electron chi connectivity index (χ0n) is 99.9. The summed E-state index contributed by atoms with van der Waals surface area (Å²) in [5, 5.41) is 53.0. The van der Waals surface area contributed by atoms with Gasteiger partial charge in [0.2, 0.25) is 0 Å². The minimum atomic E-state index is -3.34. The molecule has 0 radical (unpaired) electrons. The summed E-state index contributed by atoms with van der Waals surface area (Å²) in [5.41, 5.74) is 23.8. The first kappa shape index (κ1) is 52.7. The number of para-hydroxylation sites is 5. The van der Waals surface area contributed by atoms with E-state index in [4.69, 9.17) is 97.6 Å². The van der Waals surface area contributed by atoms with Crippen molar-refractivity contribution in [1.29, 1.82) is 0 Å². The number of rotatable bonds is 25. The van der Waals surface area contributed by atoms with E-state index < -0.39 is 141 Å². The lowest BCUT2D eigenvalue weighted by molar-refractivity contribution is 0.0454. The molecule has 622 valence electrons. The van der Waals surface area contributed by atoms with E-state index in [2.05, 4.69) is 49.8 Å². The van der Waals surface area contributed by atoms with Crippen molar-refractivity contribution in [3.8, 4) is 0 Å². The third-order valence-electron chi connectivity index (χ3n) is 16.7. The fourth-order valence-electron chi connectivity index (χ4n) is 12.3. The molecule has 0 bridgehead atoms. The number of hydrogen-bond donors (Lipinski definition) is 10. The highest BCUT2D eigenvalue weighted by molar-refractivity contribution is 6.10. The summed E-state index contributed by atoms with van der Waals surface area (Å²) in [6, 6.07) is -7.96. The van der Waals surface area contributed by atoms with Crippen LogP contribution in [0.3, 0.4) is 0 Å². The molecule has 30 nitrogen and oxygen atoms in total. The standard InChI is InChI=1S/2C18H24N4O2.3C17H22N4O2/c2*1-11(2)24-9-14-21-15-16(22(14)10-18(3,4)23)12-7-5-6-8-13(12)20-17(15)19;3*1-4-23-9-13-20-14-15(21(13)10-17(2,3)22)11-7-5-6-8-12(11)19-16(14)18/h2*5-8,11,23H,9-10H2,1-4H3,(H2,19,20);3*5-8,22H,4,9-10H2,1-3H3,(H2,18,19)/i1D3,5D,6D,7D,8D,11D;5D,6D,7D,8D,11D;2D3,3D3,5D,6D,7D,8D;5D,6D,7D,8D,9D2;5D,6D,7D,8D. The molecule has 1 atom stereocenters. The van der Waals surface area contributed by atoms with Gasteiger partial charge >= 0.3 is 0 Å². The third kappa shape index (κ3) is 20.9. The molecule has 0 saturated carbocycles. The van der Waals surface area contributed by atoms with Crippen molar-refractivity contribution >= 4 is 139 Å². The Morgan fingerprint density at radius 3 is 0.821 bits per heavy atom. The van der Waals surface area contributed by atoms with Crippen LogP contribution in [0.4, 0.5) is 29.1 Å². The van der Waals surface area contributed by atoms with E-state index in [1.807, 2.05) is 6.92 Å². The van der Waals surface area contributed by atoms with Crippen molar-refractivity contribution in [2.24, 2.45) is 0 Å². The van der Waals surface area contributed by atoms with Gasteiger partial charge < -0.3 is 101 Å². The molecule has 15 aromatic rings. The van der Waals surface area contributed by atoms with Crippen LogP contribution in [0.25, 0.3) is 110 Å². The van der Waals surface area contributed by atoms with Crippen molar-refractivity contribution in [2.45, 2.75) is 223 Å². The van der Waals surface area contributed by atoms with Gasteiger partial charge in [-0.3, -0.25) is 0 Å². The number of nitrogens with zero attached hydrogens (tertiary/aromatic N) is 15. The van der Waals surface area contributed by atoms with Crippen LogP contribution >= 0.6 is 0 Å². The lowest BCUT2D eigenvalue weighted by atomic mass is 10.1. The van der Waals surface area contributed by atoms with Gasteiger partial charge in [-0.05, 0) is 148 Å². The molecule has 5 aromatic carbocycles. The van der Waals surface area contributed by atoms with Gasteiger partial charge in [-0.1, -0.05) is 90.6 Å². The van der Waals surface area contributed by atoms with Crippen LogP contribution in [0.5, 0.6) is 0 Å². The SMILES string of the molecule is [2H]c1c([2H])c([2H])c2c(nc(N)c3nc(C([2H])([2H])OCC)n(CC(C)(C)O)c32)c1[2H].[2H]c1c([2H])c([2H])c2c(nc(N)c3nc(COC([2H])(C)C([2H])([2H])[2H])n(CC(C)(C)O)c32)c1[2H].[2H]c1c([2H])c([2H])c2c(nc(N)c3nc(COC([2H])(C)C)n(CC(C)(C)O)c32)c1[2H].[2H]c1c([2H])c([2H])c2c(nc(N)c3nc(COCC)n(CC(C)(C)O)c32)c1[2H].[2H]c1c([2H])c([2H])c2c(nc(N)c3nc(COCC)n(CC(O)(C([2H])([2H])[2H])C([2H])([2H])[2H])c32)c1[2H]. The molecule has 10 aromatic heterocycles. The van der Waals surface area contributed by atoms with E-state index in [-0.39, 0.29) is 259 Å². The first-order valence-corrected chi connectivity index (χ1v) is 36.5. The lowest BCUT2D eigenvalue weighted by Crippen LogP contribution is -2.27. The maximum atomic E-state index is 10.9. The minimum absolute atomic E-state index is 0.00665. The quantitative estimate of drug-likeness (QED) is 0.0254. The number of aliphatic hydroxyl groups is 5. The number of nitrogen functional groups attached to an aromatic ring is 5. The van der Waals surface area contributed by atoms with Gasteiger partial charge in [-0.25, -0.2) is 49.8 Å². The van der Waals surface area contributed by atoms with Gasteiger partial charge in [0.25, 0.3) is 0 Å². The average Bonchev–Trinajstić information content (AvgIpc) is 1.52. The van der Waals surface area contributed by atoms with Crippen molar-refractivity contribution < 1.29 is 94.5 Å². The molecule has 10 heterocycles. The number of benzene rings is 5. The van der Waals surface area contributed by atoms with Crippen molar-refractivity contribution in [3.05, 3.63) is 150 Å². The average molecular weight is 1630 g/mol. The second-order valence-corrected chi connectivity index (χ2v) is 29.5. The van der Waals surface area contributed by atoms with E-state index in [9.17, 15) is 25.5 Å². The number of ether oxygens (including phenoxy) is 5. The van der Waals surface area contributed by atoms with Crippen LogP contribution in [-0.4, -0.2) is 158 Å². The smallest absolute Gasteiger partial charge is 0.152 e. The molecule has 0 spiro atoms. The van der Waals surface area contributed by atoms with E-state index in [0.717, 1.165) is 11.5 Å². The van der Waals surface area contributed by atoms with Crippen molar-refractivity contribution in [1.82, 2.24) is 72.7 Å². The molecule has 15 N–H and O–H groups in total. The molecule has 0 aliphatic heterocycles. The van der Waals surface area contributed by atoms with E-state index in [0.29, 0.717) is 34.8 Å². The second-order valence-electron chi connectivity index (χ2n) is 29.5. The fraction of sp³-hybridized carbons (Fsp3) is 0.425. The van der Waals surface area contributed by atoms with Crippen LogP contribution in [0.2, 0.25) is 0 Å². The van der Waals surface area contributed by atoms with Crippen LogP contribution in [0.1, 0.15) is 192 Å². The zero-order valence-corrected chi connectivity index (χ0v) is 66.9. The lowest BCUT2D eigenvalue weighted by Gasteiger charge is -2.21. The summed E-state index contributed by atoms with van der Waals surface area (Å²) >= 11 is 0. The van der Waals surface area contributed by atoms with Crippen LogP contribution in [-0.2, 0) is 89.4 Å². The highest BCUT2D eigenvalue weighted by Crippen LogP contribution is 2.37. The van der Waals surface area contributed by atoms with Crippen LogP contribution in [0, 0.1) is 0 Å².